The molecule has 0 radical (unpaired) electrons. The van der Waals surface area contributed by atoms with Crippen LogP contribution in [0.2, 0.25) is 0 Å². The Morgan fingerprint density at radius 2 is 2.03 bits per heavy atom. The Morgan fingerprint density at radius 1 is 1.26 bits per heavy atom. The minimum Gasteiger partial charge on any atom is -0.379 e. The second-order valence-electron chi connectivity index (χ2n) is 10.0. The molecule has 2 amide bonds. The quantitative estimate of drug-likeness (QED) is 0.562. The van der Waals surface area contributed by atoms with Crippen molar-refractivity contribution in [2.75, 3.05) is 39.4 Å². The topological polar surface area (TPSA) is 107 Å². The molecule has 35 heavy (non-hydrogen) atoms. The summed E-state index contributed by atoms with van der Waals surface area (Å²) in [6, 6.07) is 5.86. The van der Waals surface area contributed by atoms with Crippen LogP contribution in [-0.2, 0) is 20.9 Å². The molecule has 9 nitrogen and oxygen atoms in total. The molecule has 4 rings (SSSR count). The van der Waals surface area contributed by atoms with Crippen molar-refractivity contribution < 1.29 is 19.2 Å². The maximum absolute atomic E-state index is 13.5. The lowest BCUT2D eigenvalue weighted by molar-refractivity contribution is -0.147. The molecule has 1 saturated carbocycles. The molecular weight excluding hydrogens is 466 g/mol. The van der Waals surface area contributed by atoms with E-state index in [9.17, 15) is 14.9 Å². The number of hydroxylamine groups is 2. The number of carbonyl (C=O) groups is 2. The predicted octanol–water partition coefficient (Wildman–Crippen LogP) is 2.95. The van der Waals surface area contributed by atoms with Crippen molar-refractivity contribution in [2.24, 2.45) is 5.92 Å². The van der Waals surface area contributed by atoms with Crippen LogP contribution in [0.4, 0.5) is 4.79 Å². The zero-order valence-corrected chi connectivity index (χ0v) is 21.4. The monoisotopic (exact) mass is 503 g/mol. The number of rotatable bonds is 8. The first-order valence-corrected chi connectivity index (χ1v) is 13.6. The van der Waals surface area contributed by atoms with E-state index in [4.69, 9.17) is 9.57 Å². The first kappa shape index (κ1) is 25.9. The largest absolute Gasteiger partial charge is 0.426 e. The SMILES string of the molecule is Cc1ccc(CN2CCC(C#N)(NC(=O)C(CC3CCCCC3)NC(=O)ON3CCOCC3)C2)s1. The Balaban J connectivity index is 1.37. The van der Waals surface area contributed by atoms with Crippen molar-refractivity contribution >= 4 is 23.3 Å². The van der Waals surface area contributed by atoms with E-state index < -0.39 is 17.7 Å². The van der Waals surface area contributed by atoms with Gasteiger partial charge in [0.15, 0.2) is 0 Å². The van der Waals surface area contributed by atoms with Gasteiger partial charge in [-0.2, -0.15) is 5.26 Å². The highest BCUT2D eigenvalue weighted by molar-refractivity contribution is 7.11. The van der Waals surface area contributed by atoms with E-state index >= 15 is 0 Å². The van der Waals surface area contributed by atoms with Gasteiger partial charge >= 0.3 is 6.09 Å². The number of hydrogen-bond acceptors (Lipinski definition) is 8. The van der Waals surface area contributed by atoms with Crippen LogP contribution in [0.15, 0.2) is 12.1 Å². The molecule has 1 aromatic rings. The van der Waals surface area contributed by atoms with E-state index in [2.05, 4.69) is 40.7 Å². The summed E-state index contributed by atoms with van der Waals surface area (Å²) in [5.41, 5.74) is -0.954. The van der Waals surface area contributed by atoms with Crippen molar-refractivity contribution in [1.82, 2.24) is 20.6 Å². The van der Waals surface area contributed by atoms with Crippen LogP contribution in [0.5, 0.6) is 0 Å². The number of morpholine rings is 1. The molecule has 2 unspecified atom stereocenters. The van der Waals surface area contributed by atoms with E-state index in [-0.39, 0.29) is 5.91 Å². The van der Waals surface area contributed by atoms with Crippen molar-refractivity contribution in [2.45, 2.75) is 70.0 Å². The zero-order valence-electron chi connectivity index (χ0n) is 20.6. The predicted molar refractivity (Wildman–Crippen MR) is 132 cm³/mol. The zero-order chi connectivity index (χ0) is 24.7. The molecule has 2 aliphatic heterocycles. The summed E-state index contributed by atoms with van der Waals surface area (Å²) < 4.78 is 5.29. The lowest BCUT2D eigenvalue weighted by Crippen LogP contribution is -2.57. The molecular formula is C25H37N5O4S. The minimum atomic E-state index is -0.954. The normalized spacial score (nSPS) is 25.0. The summed E-state index contributed by atoms with van der Waals surface area (Å²) >= 11 is 1.76. The first-order valence-electron chi connectivity index (χ1n) is 12.8. The fourth-order valence-corrected chi connectivity index (χ4v) is 6.20. The molecule has 2 atom stereocenters. The number of aryl methyl sites for hydroxylation is 1. The first-order chi connectivity index (χ1) is 16.9. The van der Waals surface area contributed by atoms with Crippen LogP contribution < -0.4 is 10.6 Å². The van der Waals surface area contributed by atoms with Crippen LogP contribution in [0.3, 0.4) is 0 Å². The fourth-order valence-electron chi connectivity index (χ4n) is 5.27. The Labute approximate surface area is 211 Å². The van der Waals surface area contributed by atoms with Gasteiger partial charge in [-0.3, -0.25) is 9.69 Å². The van der Waals surface area contributed by atoms with Gasteiger partial charge in [0, 0.05) is 29.4 Å². The second-order valence-corrected chi connectivity index (χ2v) is 11.4. The summed E-state index contributed by atoms with van der Waals surface area (Å²) in [5.74, 6) is 0.0771. The van der Waals surface area contributed by atoms with Gasteiger partial charge in [0.1, 0.15) is 11.6 Å². The van der Waals surface area contributed by atoms with Gasteiger partial charge in [0.25, 0.3) is 0 Å². The number of amides is 2. The number of likely N-dealkylation sites (tertiary alicyclic amines) is 1. The van der Waals surface area contributed by atoms with Crippen LogP contribution in [0.1, 0.15) is 54.7 Å². The van der Waals surface area contributed by atoms with Gasteiger partial charge in [0.2, 0.25) is 5.91 Å². The number of carbonyl (C=O) groups excluding carboxylic acids is 2. The average molecular weight is 504 g/mol. The smallest absolute Gasteiger partial charge is 0.379 e. The third-order valence-electron chi connectivity index (χ3n) is 7.18. The van der Waals surface area contributed by atoms with Crippen molar-refractivity contribution in [3.8, 4) is 6.07 Å². The van der Waals surface area contributed by atoms with E-state index in [1.807, 2.05) is 0 Å². The number of thiophene rings is 1. The maximum Gasteiger partial charge on any atom is 0.426 e. The van der Waals surface area contributed by atoms with E-state index in [0.717, 1.165) is 38.8 Å². The third kappa shape index (κ3) is 7.40. The van der Waals surface area contributed by atoms with Gasteiger partial charge in [-0.15, -0.1) is 16.4 Å². The molecule has 0 aromatic carbocycles. The van der Waals surface area contributed by atoms with Crippen molar-refractivity contribution in [3.63, 3.8) is 0 Å². The molecule has 2 N–H and O–H groups in total. The molecule has 0 bridgehead atoms. The summed E-state index contributed by atoms with van der Waals surface area (Å²) in [4.78, 5) is 36.2. The van der Waals surface area contributed by atoms with E-state index in [1.165, 1.54) is 16.2 Å². The molecule has 2 saturated heterocycles. The standard InChI is InChI=1S/C25H37N5O4S/c1-19-7-8-21(35-19)16-29-10-9-25(17-26,18-29)28-23(31)22(15-20-5-3-2-4-6-20)27-24(32)34-30-11-13-33-14-12-30/h7-8,20,22H,2-6,9-16,18H2,1H3,(H,27,32)(H,28,31). The summed E-state index contributed by atoms with van der Waals surface area (Å²) in [5, 5.41) is 17.4. The Morgan fingerprint density at radius 3 is 2.71 bits per heavy atom. The molecule has 0 spiro atoms. The Kier molecular flexibility index (Phi) is 9.00. The minimum absolute atomic E-state index is 0.301. The van der Waals surface area contributed by atoms with Crippen LogP contribution in [0, 0.1) is 24.2 Å². The number of nitriles is 1. The maximum atomic E-state index is 13.5. The summed E-state index contributed by atoms with van der Waals surface area (Å²) in [6.07, 6.45) is 6.12. The molecule has 3 aliphatic rings. The second kappa shape index (κ2) is 12.2. The third-order valence-corrected chi connectivity index (χ3v) is 8.17. The van der Waals surface area contributed by atoms with Crippen molar-refractivity contribution in [1.29, 1.82) is 5.26 Å². The molecule has 1 aromatic heterocycles. The van der Waals surface area contributed by atoms with Crippen LogP contribution >= 0.6 is 11.3 Å². The van der Waals surface area contributed by atoms with Gasteiger partial charge in [-0.1, -0.05) is 32.1 Å². The Bertz CT molecular complexity index is 906. The fraction of sp³-hybridized carbons (Fsp3) is 0.720. The van der Waals surface area contributed by atoms with Gasteiger partial charge in [-0.25, -0.2) is 4.79 Å². The van der Waals surface area contributed by atoms with Crippen LogP contribution in [0.25, 0.3) is 0 Å². The lowest BCUT2D eigenvalue weighted by atomic mass is 9.84. The summed E-state index contributed by atoms with van der Waals surface area (Å²) in [7, 11) is 0. The van der Waals surface area contributed by atoms with E-state index in [1.54, 1.807) is 16.4 Å². The molecule has 192 valence electrons. The summed E-state index contributed by atoms with van der Waals surface area (Å²) in [6.45, 7) is 6.09. The Hall–Kier alpha value is -2.19. The molecule has 3 fully saturated rings. The van der Waals surface area contributed by atoms with Gasteiger partial charge < -0.3 is 20.2 Å². The van der Waals surface area contributed by atoms with Crippen molar-refractivity contribution in [3.05, 3.63) is 21.9 Å². The highest BCUT2D eigenvalue weighted by atomic mass is 32.1. The van der Waals surface area contributed by atoms with Crippen LogP contribution in [-0.4, -0.2) is 72.9 Å². The molecule has 1 aliphatic carbocycles. The average Bonchev–Trinajstić information content (AvgIpc) is 3.46. The molecule has 3 heterocycles. The van der Waals surface area contributed by atoms with Gasteiger partial charge in [0.05, 0.1) is 32.4 Å². The number of nitrogens with zero attached hydrogens (tertiary/aromatic N) is 3. The number of ether oxygens (including phenoxy) is 1. The lowest BCUT2D eigenvalue weighted by Gasteiger charge is -2.30. The van der Waals surface area contributed by atoms with Gasteiger partial charge in [-0.05, 0) is 37.8 Å². The number of hydrogen-bond donors (Lipinski definition) is 2. The highest BCUT2D eigenvalue weighted by Gasteiger charge is 2.41. The highest BCUT2D eigenvalue weighted by Crippen LogP contribution is 2.29. The molecule has 10 heteroatoms. The number of nitrogens with one attached hydrogen (secondary N) is 2. The van der Waals surface area contributed by atoms with E-state index in [0.29, 0.717) is 51.6 Å².